The normalized spacial score (nSPS) is 19.2. The maximum Gasteiger partial charge on any atom is 0.228 e. The second-order valence-electron chi connectivity index (χ2n) is 4.92. The van der Waals surface area contributed by atoms with Crippen molar-refractivity contribution in [3.05, 3.63) is 29.8 Å². The molecule has 2 unspecified atom stereocenters. The van der Waals surface area contributed by atoms with E-state index in [4.69, 9.17) is 10.5 Å². The minimum absolute atomic E-state index is 0.0936. The number of amides is 1. The molecule has 1 amide bonds. The first-order valence-corrected chi connectivity index (χ1v) is 6.98. The summed E-state index contributed by atoms with van der Waals surface area (Å²) < 4.78 is 5.58. The standard InChI is InChI=1S/C15H22N2O2/c1-2-11(7-9-16)17-15(18)13-8-10-19-14-6-4-3-5-12(13)14/h3-6,11,13H,2,7-10,16H2,1H3,(H,17,18). The minimum atomic E-state index is -0.100. The number of para-hydroxylation sites is 1. The van der Waals surface area contributed by atoms with Gasteiger partial charge in [-0.25, -0.2) is 0 Å². The Morgan fingerprint density at radius 2 is 2.32 bits per heavy atom. The molecule has 19 heavy (non-hydrogen) atoms. The van der Waals surface area contributed by atoms with E-state index in [1.807, 2.05) is 24.3 Å². The van der Waals surface area contributed by atoms with E-state index in [2.05, 4.69) is 12.2 Å². The molecular formula is C15H22N2O2. The second kappa shape index (κ2) is 6.57. The van der Waals surface area contributed by atoms with Crippen LogP contribution in [0.25, 0.3) is 0 Å². The summed E-state index contributed by atoms with van der Waals surface area (Å²) in [5, 5.41) is 3.10. The first-order valence-electron chi connectivity index (χ1n) is 6.98. The SMILES string of the molecule is CCC(CCN)NC(=O)C1CCOc2ccccc21. The van der Waals surface area contributed by atoms with Crippen LogP contribution in [0.3, 0.4) is 0 Å². The predicted molar refractivity (Wildman–Crippen MR) is 75.2 cm³/mol. The molecule has 1 aliphatic rings. The molecule has 0 saturated heterocycles. The van der Waals surface area contributed by atoms with E-state index >= 15 is 0 Å². The van der Waals surface area contributed by atoms with E-state index in [1.54, 1.807) is 0 Å². The molecule has 1 heterocycles. The zero-order chi connectivity index (χ0) is 13.7. The van der Waals surface area contributed by atoms with Gasteiger partial charge in [-0.05, 0) is 31.9 Å². The largest absolute Gasteiger partial charge is 0.493 e. The van der Waals surface area contributed by atoms with Gasteiger partial charge >= 0.3 is 0 Å². The number of nitrogens with two attached hydrogens (primary N) is 1. The fourth-order valence-corrected chi connectivity index (χ4v) is 2.50. The summed E-state index contributed by atoms with van der Waals surface area (Å²) in [5.41, 5.74) is 6.56. The molecule has 0 bridgehead atoms. The summed E-state index contributed by atoms with van der Waals surface area (Å²) >= 11 is 0. The van der Waals surface area contributed by atoms with Crippen molar-refractivity contribution in [3.63, 3.8) is 0 Å². The van der Waals surface area contributed by atoms with Crippen molar-refractivity contribution >= 4 is 5.91 Å². The quantitative estimate of drug-likeness (QED) is 0.850. The Hall–Kier alpha value is -1.55. The predicted octanol–water partition coefficient (Wildman–Crippen LogP) is 1.80. The van der Waals surface area contributed by atoms with Crippen LogP contribution in [0.4, 0.5) is 0 Å². The number of rotatable bonds is 5. The van der Waals surface area contributed by atoms with Gasteiger partial charge in [0.2, 0.25) is 5.91 Å². The Morgan fingerprint density at radius 1 is 1.53 bits per heavy atom. The summed E-state index contributed by atoms with van der Waals surface area (Å²) in [4.78, 5) is 12.4. The molecule has 1 aromatic carbocycles. The molecule has 0 radical (unpaired) electrons. The molecule has 0 aliphatic carbocycles. The number of benzene rings is 1. The average Bonchev–Trinajstić information content (AvgIpc) is 2.46. The van der Waals surface area contributed by atoms with Crippen LogP contribution < -0.4 is 15.8 Å². The van der Waals surface area contributed by atoms with E-state index in [-0.39, 0.29) is 17.9 Å². The van der Waals surface area contributed by atoms with Crippen LogP contribution in [-0.2, 0) is 4.79 Å². The molecule has 0 spiro atoms. The lowest BCUT2D eigenvalue weighted by molar-refractivity contribution is -0.124. The highest BCUT2D eigenvalue weighted by molar-refractivity contribution is 5.85. The van der Waals surface area contributed by atoms with Crippen molar-refractivity contribution < 1.29 is 9.53 Å². The lowest BCUT2D eigenvalue weighted by Crippen LogP contribution is -2.40. The summed E-state index contributed by atoms with van der Waals surface area (Å²) in [7, 11) is 0. The Morgan fingerprint density at radius 3 is 3.05 bits per heavy atom. The van der Waals surface area contributed by atoms with Gasteiger partial charge in [-0.1, -0.05) is 25.1 Å². The van der Waals surface area contributed by atoms with Crippen molar-refractivity contribution in [1.82, 2.24) is 5.32 Å². The van der Waals surface area contributed by atoms with Gasteiger partial charge in [-0.15, -0.1) is 0 Å². The average molecular weight is 262 g/mol. The van der Waals surface area contributed by atoms with Crippen molar-refractivity contribution in [3.8, 4) is 5.75 Å². The maximum absolute atomic E-state index is 12.4. The van der Waals surface area contributed by atoms with Crippen molar-refractivity contribution in [2.75, 3.05) is 13.2 Å². The molecule has 4 nitrogen and oxygen atoms in total. The van der Waals surface area contributed by atoms with Crippen LogP contribution in [-0.4, -0.2) is 25.1 Å². The fourth-order valence-electron chi connectivity index (χ4n) is 2.50. The summed E-state index contributed by atoms with van der Waals surface area (Å²) in [6.45, 7) is 3.27. The Labute approximate surface area is 114 Å². The third-order valence-electron chi connectivity index (χ3n) is 3.63. The zero-order valence-electron chi connectivity index (χ0n) is 11.4. The lowest BCUT2D eigenvalue weighted by atomic mass is 9.92. The molecule has 1 aliphatic heterocycles. The molecule has 0 aromatic heterocycles. The molecule has 2 atom stereocenters. The van der Waals surface area contributed by atoms with Crippen LogP contribution >= 0.6 is 0 Å². The van der Waals surface area contributed by atoms with E-state index < -0.39 is 0 Å². The first kappa shape index (κ1) is 13.9. The smallest absolute Gasteiger partial charge is 0.228 e. The minimum Gasteiger partial charge on any atom is -0.493 e. The van der Waals surface area contributed by atoms with Gasteiger partial charge < -0.3 is 15.8 Å². The number of carbonyl (C=O) groups excluding carboxylic acids is 1. The van der Waals surface area contributed by atoms with Crippen LogP contribution in [0.5, 0.6) is 5.75 Å². The number of carbonyl (C=O) groups is 1. The van der Waals surface area contributed by atoms with Gasteiger partial charge in [0.25, 0.3) is 0 Å². The van der Waals surface area contributed by atoms with Crippen molar-refractivity contribution in [2.45, 2.75) is 38.1 Å². The third kappa shape index (κ3) is 3.26. The molecule has 1 aromatic rings. The van der Waals surface area contributed by atoms with Gasteiger partial charge in [-0.3, -0.25) is 4.79 Å². The molecule has 0 saturated carbocycles. The van der Waals surface area contributed by atoms with Crippen LogP contribution in [0.15, 0.2) is 24.3 Å². The molecule has 4 heteroatoms. The highest BCUT2D eigenvalue weighted by atomic mass is 16.5. The molecule has 2 rings (SSSR count). The topological polar surface area (TPSA) is 64.3 Å². The molecule has 104 valence electrons. The van der Waals surface area contributed by atoms with Crippen molar-refractivity contribution in [2.24, 2.45) is 5.73 Å². The number of nitrogens with one attached hydrogen (secondary N) is 1. The van der Waals surface area contributed by atoms with Crippen molar-refractivity contribution in [1.29, 1.82) is 0 Å². The number of ether oxygens (including phenoxy) is 1. The monoisotopic (exact) mass is 262 g/mol. The molecule has 0 fully saturated rings. The van der Waals surface area contributed by atoms with Gasteiger partial charge in [0.05, 0.1) is 12.5 Å². The summed E-state index contributed by atoms with van der Waals surface area (Å²) in [6, 6.07) is 7.95. The highest BCUT2D eigenvalue weighted by Crippen LogP contribution is 2.33. The van der Waals surface area contributed by atoms with Gasteiger partial charge in [0.1, 0.15) is 5.75 Å². The lowest BCUT2D eigenvalue weighted by Gasteiger charge is -2.27. The van der Waals surface area contributed by atoms with E-state index in [0.29, 0.717) is 13.2 Å². The van der Waals surface area contributed by atoms with Gasteiger partial charge in [-0.2, -0.15) is 0 Å². The van der Waals surface area contributed by atoms with Crippen LogP contribution in [0.1, 0.15) is 37.7 Å². The Balaban J connectivity index is 2.08. The van der Waals surface area contributed by atoms with Crippen LogP contribution in [0, 0.1) is 0 Å². The summed E-state index contributed by atoms with van der Waals surface area (Å²) in [6.07, 6.45) is 2.48. The van der Waals surface area contributed by atoms with E-state index in [1.165, 1.54) is 0 Å². The highest BCUT2D eigenvalue weighted by Gasteiger charge is 2.28. The fraction of sp³-hybridized carbons (Fsp3) is 0.533. The molecule has 3 N–H and O–H groups in total. The van der Waals surface area contributed by atoms with E-state index in [9.17, 15) is 4.79 Å². The molecular weight excluding hydrogens is 240 g/mol. The Kier molecular flexibility index (Phi) is 4.80. The number of hydrogen-bond donors (Lipinski definition) is 2. The first-order chi connectivity index (χ1) is 9.26. The van der Waals surface area contributed by atoms with E-state index in [0.717, 1.165) is 30.6 Å². The van der Waals surface area contributed by atoms with Gasteiger partial charge in [0, 0.05) is 11.6 Å². The second-order valence-corrected chi connectivity index (χ2v) is 4.92. The zero-order valence-corrected chi connectivity index (χ0v) is 11.4. The number of fused-ring (bicyclic) bond motifs is 1. The van der Waals surface area contributed by atoms with Gasteiger partial charge in [0.15, 0.2) is 0 Å². The number of hydrogen-bond acceptors (Lipinski definition) is 3. The third-order valence-corrected chi connectivity index (χ3v) is 3.63. The maximum atomic E-state index is 12.4. The Bertz CT molecular complexity index is 434. The van der Waals surface area contributed by atoms with Crippen LogP contribution in [0.2, 0.25) is 0 Å². The summed E-state index contributed by atoms with van der Waals surface area (Å²) in [5.74, 6) is 0.827.